The van der Waals surface area contributed by atoms with E-state index in [1.54, 1.807) is 0 Å². The Labute approximate surface area is 88.1 Å². The zero-order valence-electron chi connectivity index (χ0n) is 8.70. The van der Waals surface area contributed by atoms with Gasteiger partial charge in [0.2, 0.25) is 5.95 Å². The van der Waals surface area contributed by atoms with Crippen molar-refractivity contribution in [2.75, 3.05) is 5.43 Å². The van der Waals surface area contributed by atoms with Gasteiger partial charge in [-0.1, -0.05) is 12.1 Å². The Bertz CT molecular complexity index is 511. The maximum absolute atomic E-state index is 5.50. The highest BCUT2D eigenvalue weighted by Gasteiger charge is 2.28. The van der Waals surface area contributed by atoms with Crippen molar-refractivity contribution in [3.05, 3.63) is 23.8 Å². The van der Waals surface area contributed by atoms with Gasteiger partial charge in [0.1, 0.15) is 0 Å². The molecule has 1 saturated carbocycles. The summed E-state index contributed by atoms with van der Waals surface area (Å²) in [6.45, 7) is 2.08. The van der Waals surface area contributed by atoms with Crippen molar-refractivity contribution in [2.24, 2.45) is 5.84 Å². The van der Waals surface area contributed by atoms with Gasteiger partial charge < -0.3 is 4.57 Å². The van der Waals surface area contributed by atoms with Crippen molar-refractivity contribution in [3.63, 3.8) is 0 Å². The van der Waals surface area contributed by atoms with E-state index in [-0.39, 0.29) is 0 Å². The van der Waals surface area contributed by atoms with Gasteiger partial charge in [0.15, 0.2) is 0 Å². The van der Waals surface area contributed by atoms with E-state index in [1.165, 1.54) is 23.9 Å². The third kappa shape index (κ3) is 1.22. The van der Waals surface area contributed by atoms with Gasteiger partial charge in [-0.3, -0.25) is 5.43 Å². The third-order valence-electron chi connectivity index (χ3n) is 2.96. The van der Waals surface area contributed by atoms with Gasteiger partial charge in [-0.25, -0.2) is 10.8 Å². The second-order valence-corrected chi connectivity index (χ2v) is 4.12. The first kappa shape index (κ1) is 8.73. The molecule has 2 aromatic rings. The second-order valence-electron chi connectivity index (χ2n) is 4.12. The first-order valence-electron chi connectivity index (χ1n) is 5.25. The van der Waals surface area contributed by atoms with Crippen LogP contribution in [0.4, 0.5) is 5.95 Å². The van der Waals surface area contributed by atoms with Crippen LogP contribution in [0.1, 0.15) is 24.4 Å². The van der Waals surface area contributed by atoms with Crippen LogP contribution in [0, 0.1) is 6.92 Å². The van der Waals surface area contributed by atoms with Crippen LogP contribution in [0.2, 0.25) is 0 Å². The number of nitrogen functional groups attached to an aromatic ring is 1. The molecule has 0 amide bonds. The molecular formula is C11H14N4. The average Bonchev–Trinajstić information content (AvgIpc) is 3.00. The molecule has 0 radical (unpaired) electrons. The number of anilines is 1. The summed E-state index contributed by atoms with van der Waals surface area (Å²) in [5.74, 6) is 6.28. The number of rotatable bonds is 2. The van der Waals surface area contributed by atoms with Gasteiger partial charge in [0.25, 0.3) is 0 Å². The number of aryl methyl sites for hydroxylation is 1. The highest BCUT2D eigenvalue weighted by molar-refractivity contribution is 5.82. The number of imidazole rings is 1. The molecule has 1 aromatic heterocycles. The lowest BCUT2D eigenvalue weighted by molar-refractivity contribution is 0.770. The predicted molar refractivity (Wildman–Crippen MR) is 60.6 cm³/mol. The standard InChI is InChI=1S/C11H14N4/c1-7-3-2-4-9-10(7)13-11(14-12)15(9)8-5-6-8/h2-4,8H,5-6,12H2,1H3,(H,13,14). The number of fused-ring (bicyclic) bond motifs is 1. The number of aromatic nitrogens is 2. The van der Waals surface area contributed by atoms with E-state index in [0.29, 0.717) is 6.04 Å². The number of nitrogens with one attached hydrogen (secondary N) is 1. The molecule has 0 spiro atoms. The van der Waals surface area contributed by atoms with E-state index in [0.717, 1.165) is 11.5 Å². The van der Waals surface area contributed by atoms with E-state index >= 15 is 0 Å². The number of hydrogen-bond donors (Lipinski definition) is 2. The first-order valence-corrected chi connectivity index (χ1v) is 5.25. The highest BCUT2D eigenvalue weighted by atomic mass is 15.4. The predicted octanol–water partition coefficient (Wildman–Crippen LogP) is 1.97. The van der Waals surface area contributed by atoms with E-state index in [1.807, 2.05) is 0 Å². The fourth-order valence-electron chi connectivity index (χ4n) is 2.06. The third-order valence-corrected chi connectivity index (χ3v) is 2.96. The van der Waals surface area contributed by atoms with Crippen LogP contribution in [0.3, 0.4) is 0 Å². The lowest BCUT2D eigenvalue weighted by atomic mass is 10.2. The van der Waals surface area contributed by atoms with E-state index in [2.05, 4.69) is 40.1 Å². The Balaban J connectivity index is 2.33. The number of nitrogens with zero attached hydrogens (tertiary/aromatic N) is 2. The van der Waals surface area contributed by atoms with Crippen molar-refractivity contribution in [3.8, 4) is 0 Å². The minimum atomic E-state index is 0.586. The summed E-state index contributed by atoms with van der Waals surface area (Å²) in [6.07, 6.45) is 2.46. The van der Waals surface area contributed by atoms with Crippen LogP contribution in [0.25, 0.3) is 11.0 Å². The second kappa shape index (κ2) is 2.97. The van der Waals surface area contributed by atoms with Crippen LogP contribution in [-0.2, 0) is 0 Å². The van der Waals surface area contributed by atoms with Gasteiger partial charge in [-0.2, -0.15) is 0 Å². The SMILES string of the molecule is Cc1cccc2c1nc(NN)n2C1CC1. The zero-order chi connectivity index (χ0) is 10.4. The minimum absolute atomic E-state index is 0.586. The largest absolute Gasteiger partial charge is 0.306 e. The van der Waals surface area contributed by atoms with Gasteiger partial charge in [-0.15, -0.1) is 0 Å². The van der Waals surface area contributed by atoms with Gasteiger partial charge >= 0.3 is 0 Å². The maximum atomic E-state index is 5.50. The monoisotopic (exact) mass is 202 g/mol. The van der Waals surface area contributed by atoms with Gasteiger partial charge in [0, 0.05) is 6.04 Å². The molecule has 0 atom stereocenters. The normalized spacial score (nSPS) is 15.9. The molecule has 1 aromatic carbocycles. The summed E-state index contributed by atoms with van der Waals surface area (Å²) in [6, 6.07) is 6.84. The molecule has 15 heavy (non-hydrogen) atoms. The lowest BCUT2D eigenvalue weighted by Gasteiger charge is -2.05. The van der Waals surface area contributed by atoms with Gasteiger partial charge in [0.05, 0.1) is 11.0 Å². The fourth-order valence-corrected chi connectivity index (χ4v) is 2.06. The van der Waals surface area contributed by atoms with Crippen molar-refractivity contribution >= 4 is 17.0 Å². The Morgan fingerprint density at radius 2 is 2.27 bits per heavy atom. The van der Waals surface area contributed by atoms with Crippen molar-refractivity contribution < 1.29 is 0 Å². The quantitative estimate of drug-likeness (QED) is 0.578. The molecule has 1 aliphatic carbocycles. The van der Waals surface area contributed by atoms with Crippen molar-refractivity contribution in [2.45, 2.75) is 25.8 Å². The molecule has 4 nitrogen and oxygen atoms in total. The van der Waals surface area contributed by atoms with Crippen LogP contribution in [-0.4, -0.2) is 9.55 Å². The summed E-state index contributed by atoms with van der Waals surface area (Å²) in [7, 11) is 0. The van der Waals surface area contributed by atoms with E-state index < -0.39 is 0 Å². The summed E-state index contributed by atoms with van der Waals surface area (Å²) in [4.78, 5) is 4.52. The average molecular weight is 202 g/mol. The summed E-state index contributed by atoms with van der Waals surface area (Å²) < 4.78 is 2.21. The van der Waals surface area contributed by atoms with E-state index in [4.69, 9.17) is 5.84 Å². The topological polar surface area (TPSA) is 55.9 Å². The molecule has 0 saturated heterocycles. The number of hydrogen-bond acceptors (Lipinski definition) is 3. The number of benzene rings is 1. The number of hydrazine groups is 1. The smallest absolute Gasteiger partial charge is 0.218 e. The Hall–Kier alpha value is -1.55. The maximum Gasteiger partial charge on any atom is 0.218 e. The molecule has 1 fully saturated rings. The molecule has 1 heterocycles. The molecule has 3 rings (SSSR count). The van der Waals surface area contributed by atoms with Crippen LogP contribution < -0.4 is 11.3 Å². The minimum Gasteiger partial charge on any atom is -0.306 e. The van der Waals surface area contributed by atoms with Gasteiger partial charge in [-0.05, 0) is 31.4 Å². The first-order chi connectivity index (χ1) is 7.31. The summed E-state index contributed by atoms with van der Waals surface area (Å²) in [5, 5.41) is 0. The fraction of sp³-hybridized carbons (Fsp3) is 0.364. The van der Waals surface area contributed by atoms with Crippen molar-refractivity contribution in [1.29, 1.82) is 0 Å². The molecule has 3 N–H and O–H groups in total. The summed E-state index contributed by atoms with van der Waals surface area (Å²) >= 11 is 0. The molecule has 0 aliphatic heterocycles. The molecule has 4 heteroatoms. The highest BCUT2D eigenvalue weighted by Crippen LogP contribution is 2.40. The zero-order valence-corrected chi connectivity index (χ0v) is 8.70. The molecule has 0 bridgehead atoms. The van der Waals surface area contributed by atoms with Crippen molar-refractivity contribution in [1.82, 2.24) is 9.55 Å². The Kier molecular flexibility index (Phi) is 1.73. The molecule has 0 unspecified atom stereocenters. The van der Waals surface area contributed by atoms with E-state index in [9.17, 15) is 0 Å². The Morgan fingerprint density at radius 3 is 2.93 bits per heavy atom. The number of nitrogens with two attached hydrogens (primary N) is 1. The molecule has 78 valence electrons. The number of para-hydroxylation sites is 1. The molecular weight excluding hydrogens is 188 g/mol. The van der Waals surface area contributed by atoms with Crippen LogP contribution >= 0.6 is 0 Å². The van der Waals surface area contributed by atoms with Crippen LogP contribution in [0.5, 0.6) is 0 Å². The summed E-state index contributed by atoms with van der Waals surface area (Å²) in [5.41, 5.74) is 6.12. The van der Waals surface area contributed by atoms with Crippen LogP contribution in [0.15, 0.2) is 18.2 Å². The lowest BCUT2D eigenvalue weighted by Crippen LogP contribution is -2.12. The Morgan fingerprint density at radius 1 is 1.47 bits per heavy atom. The molecule has 1 aliphatic rings.